The number of aryl methyl sites for hydroxylation is 1. The topological polar surface area (TPSA) is 36.0 Å². The zero-order chi connectivity index (χ0) is 20.8. The van der Waals surface area contributed by atoms with E-state index in [0.717, 1.165) is 63.4 Å². The van der Waals surface area contributed by atoms with Crippen LogP contribution in [-0.4, -0.2) is 68.6 Å². The van der Waals surface area contributed by atoms with Crippen LogP contribution in [0.2, 0.25) is 0 Å². The summed E-state index contributed by atoms with van der Waals surface area (Å²) >= 11 is 0. The van der Waals surface area contributed by atoms with Crippen LogP contribution in [0.5, 0.6) is 5.75 Å². The minimum atomic E-state index is 0.214. The zero-order valence-electron chi connectivity index (χ0n) is 18.1. The van der Waals surface area contributed by atoms with E-state index in [-0.39, 0.29) is 5.91 Å². The molecule has 2 heterocycles. The minimum absolute atomic E-state index is 0.214. The first-order chi connectivity index (χ1) is 14.7. The molecule has 0 aromatic heterocycles. The highest BCUT2D eigenvalue weighted by Gasteiger charge is 2.24. The summed E-state index contributed by atoms with van der Waals surface area (Å²) in [5.74, 6) is 1.08. The second-order valence-electron chi connectivity index (χ2n) is 8.42. The molecule has 30 heavy (non-hydrogen) atoms. The number of fused-ring (bicyclic) bond motifs is 1. The van der Waals surface area contributed by atoms with Crippen molar-refractivity contribution < 1.29 is 9.53 Å². The van der Waals surface area contributed by atoms with Crippen LogP contribution in [-0.2, 0) is 17.6 Å². The molecule has 0 bridgehead atoms. The number of hydrogen-bond acceptors (Lipinski definition) is 4. The molecule has 160 valence electrons. The Morgan fingerprint density at radius 2 is 1.73 bits per heavy atom. The van der Waals surface area contributed by atoms with Gasteiger partial charge in [0, 0.05) is 51.8 Å². The Bertz CT molecular complexity index is 832. The fraction of sp³-hybridized carbons (Fsp3) is 0.480. The highest BCUT2D eigenvalue weighted by atomic mass is 16.5. The number of rotatable bonds is 8. The van der Waals surface area contributed by atoms with Crippen molar-refractivity contribution in [3.8, 4) is 5.75 Å². The van der Waals surface area contributed by atoms with Gasteiger partial charge in [-0.3, -0.25) is 4.79 Å². The third-order valence-electron chi connectivity index (χ3n) is 6.21. The van der Waals surface area contributed by atoms with Gasteiger partial charge in [-0.05, 0) is 43.5 Å². The van der Waals surface area contributed by atoms with Crippen molar-refractivity contribution in [2.24, 2.45) is 0 Å². The molecular formula is C25H33N3O2. The van der Waals surface area contributed by atoms with E-state index in [1.165, 1.54) is 11.1 Å². The molecular weight excluding hydrogens is 374 g/mol. The van der Waals surface area contributed by atoms with Gasteiger partial charge in [0.2, 0.25) is 5.91 Å². The molecule has 0 aliphatic carbocycles. The molecule has 0 radical (unpaired) electrons. The number of hydrogen-bond donors (Lipinski definition) is 0. The van der Waals surface area contributed by atoms with Gasteiger partial charge in [-0.25, -0.2) is 0 Å². The van der Waals surface area contributed by atoms with E-state index in [1.807, 2.05) is 11.0 Å². The van der Waals surface area contributed by atoms with Gasteiger partial charge in [-0.2, -0.15) is 0 Å². The number of nitrogens with zero attached hydrogens (tertiary/aromatic N) is 3. The summed E-state index contributed by atoms with van der Waals surface area (Å²) in [4.78, 5) is 19.5. The lowest BCUT2D eigenvalue weighted by Gasteiger charge is -2.32. The standard InChI is InChI=1S/C25H33N3O2/c1-26-15-17-27(18-16-26)13-5-19-30-23-10-8-22-9-11-25(29)28(24(22)20-23)14-12-21-6-3-2-4-7-21/h2-4,6-8,10,20H,5,9,11-19H2,1H3. The van der Waals surface area contributed by atoms with Crippen LogP contribution in [0, 0.1) is 0 Å². The quantitative estimate of drug-likeness (QED) is 0.630. The number of carbonyl (C=O) groups is 1. The molecule has 2 aromatic carbocycles. The lowest BCUT2D eigenvalue weighted by Crippen LogP contribution is -2.44. The highest BCUT2D eigenvalue weighted by molar-refractivity contribution is 5.96. The predicted octanol–water partition coefficient (Wildman–Crippen LogP) is 3.22. The average Bonchev–Trinajstić information content (AvgIpc) is 2.78. The third-order valence-corrected chi connectivity index (χ3v) is 6.21. The fourth-order valence-corrected chi connectivity index (χ4v) is 4.29. The Balaban J connectivity index is 1.32. The van der Waals surface area contributed by atoms with Crippen molar-refractivity contribution in [3.63, 3.8) is 0 Å². The summed E-state index contributed by atoms with van der Waals surface area (Å²) in [7, 11) is 2.18. The monoisotopic (exact) mass is 407 g/mol. The molecule has 0 unspecified atom stereocenters. The molecule has 1 amide bonds. The first kappa shape index (κ1) is 20.9. The summed E-state index contributed by atoms with van der Waals surface area (Å²) in [5, 5.41) is 0. The molecule has 2 aliphatic heterocycles. The van der Waals surface area contributed by atoms with Crippen molar-refractivity contribution in [3.05, 3.63) is 59.7 Å². The van der Waals surface area contributed by atoms with E-state index in [1.54, 1.807) is 0 Å². The Morgan fingerprint density at radius 1 is 0.933 bits per heavy atom. The first-order valence-electron chi connectivity index (χ1n) is 11.2. The maximum Gasteiger partial charge on any atom is 0.227 e. The molecule has 2 aliphatic rings. The SMILES string of the molecule is CN1CCN(CCCOc2ccc3c(c2)N(CCc2ccccc2)C(=O)CC3)CC1. The Hall–Kier alpha value is -2.37. The molecule has 0 atom stereocenters. The maximum absolute atomic E-state index is 12.6. The summed E-state index contributed by atoms with van der Waals surface area (Å²) in [6.07, 6.45) is 3.30. The van der Waals surface area contributed by atoms with E-state index >= 15 is 0 Å². The number of anilines is 1. The molecule has 0 N–H and O–H groups in total. The summed E-state index contributed by atoms with van der Waals surface area (Å²) in [5.41, 5.74) is 3.53. The summed E-state index contributed by atoms with van der Waals surface area (Å²) in [6, 6.07) is 16.6. The first-order valence-corrected chi connectivity index (χ1v) is 11.2. The van der Waals surface area contributed by atoms with Crippen LogP contribution < -0.4 is 9.64 Å². The molecule has 1 fully saturated rings. The lowest BCUT2D eigenvalue weighted by molar-refractivity contribution is -0.118. The van der Waals surface area contributed by atoms with Crippen molar-refractivity contribution in [1.82, 2.24) is 9.80 Å². The van der Waals surface area contributed by atoms with Crippen LogP contribution >= 0.6 is 0 Å². The smallest absolute Gasteiger partial charge is 0.227 e. The van der Waals surface area contributed by atoms with Gasteiger partial charge in [0.05, 0.1) is 12.3 Å². The van der Waals surface area contributed by atoms with E-state index in [4.69, 9.17) is 4.74 Å². The predicted molar refractivity (Wildman–Crippen MR) is 121 cm³/mol. The van der Waals surface area contributed by atoms with Gasteiger partial charge in [0.1, 0.15) is 5.75 Å². The summed E-state index contributed by atoms with van der Waals surface area (Å²) in [6.45, 7) is 7.10. The number of benzene rings is 2. The Kier molecular flexibility index (Phi) is 7.03. The van der Waals surface area contributed by atoms with Crippen molar-refractivity contribution in [1.29, 1.82) is 0 Å². The lowest BCUT2D eigenvalue weighted by atomic mass is 10.00. The largest absolute Gasteiger partial charge is 0.493 e. The second kappa shape index (κ2) is 10.1. The fourth-order valence-electron chi connectivity index (χ4n) is 4.29. The number of ether oxygens (including phenoxy) is 1. The Labute approximate surface area is 180 Å². The molecule has 0 spiro atoms. The van der Waals surface area contributed by atoms with E-state index in [9.17, 15) is 4.79 Å². The Morgan fingerprint density at radius 3 is 2.53 bits per heavy atom. The molecule has 5 nitrogen and oxygen atoms in total. The van der Waals surface area contributed by atoms with E-state index in [0.29, 0.717) is 19.6 Å². The van der Waals surface area contributed by atoms with Gasteiger partial charge in [0.25, 0.3) is 0 Å². The van der Waals surface area contributed by atoms with Crippen LogP contribution in [0.15, 0.2) is 48.5 Å². The highest BCUT2D eigenvalue weighted by Crippen LogP contribution is 2.32. The van der Waals surface area contributed by atoms with Crippen molar-refractivity contribution in [2.45, 2.75) is 25.7 Å². The van der Waals surface area contributed by atoms with Crippen molar-refractivity contribution in [2.75, 3.05) is 57.8 Å². The molecule has 1 saturated heterocycles. The minimum Gasteiger partial charge on any atom is -0.493 e. The number of carbonyl (C=O) groups excluding carboxylic acids is 1. The summed E-state index contributed by atoms with van der Waals surface area (Å²) < 4.78 is 6.06. The second-order valence-corrected chi connectivity index (χ2v) is 8.42. The van der Waals surface area contributed by atoms with Crippen molar-refractivity contribution >= 4 is 11.6 Å². The average molecular weight is 408 g/mol. The third kappa shape index (κ3) is 5.41. The molecule has 0 saturated carbocycles. The van der Waals surface area contributed by atoms with E-state index < -0.39 is 0 Å². The molecule has 5 heteroatoms. The van der Waals surface area contributed by atoms with Crippen LogP contribution in [0.3, 0.4) is 0 Å². The van der Waals surface area contributed by atoms with Gasteiger partial charge in [-0.15, -0.1) is 0 Å². The normalized spacial score (nSPS) is 17.8. The van der Waals surface area contributed by atoms with Gasteiger partial charge < -0.3 is 19.4 Å². The van der Waals surface area contributed by atoms with Gasteiger partial charge >= 0.3 is 0 Å². The number of piperazine rings is 1. The van der Waals surface area contributed by atoms with E-state index in [2.05, 4.69) is 59.3 Å². The van der Waals surface area contributed by atoms with Crippen LogP contribution in [0.4, 0.5) is 5.69 Å². The molecule has 2 aromatic rings. The zero-order valence-corrected chi connectivity index (χ0v) is 18.1. The molecule has 4 rings (SSSR count). The van der Waals surface area contributed by atoms with Gasteiger partial charge in [-0.1, -0.05) is 36.4 Å². The van der Waals surface area contributed by atoms with Crippen LogP contribution in [0.1, 0.15) is 24.0 Å². The maximum atomic E-state index is 12.6. The number of amides is 1. The van der Waals surface area contributed by atoms with Crippen LogP contribution in [0.25, 0.3) is 0 Å². The van der Waals surface area contributed by atoms with Gasteiger partial charge in [0.15, 0.2) is 0 Å². The number of likely N-dealkylation sites (N-methyl/N-ethyl adjacent to an activating group) is 1.